The average Bonchev–Trinajstić information content (AvgIpc) is 3.21. The minimum atomic E-state index is -0.361. The summed E-state index contributed by atoms with van der Waals surface area (Å²) in [5.74, 6) is 1.06. The van der Waals surface area contributed by atoms with Gasteiger partial charge in [0.05, 0.1) is 6.54 Å². The Balaban J connectivity index is 1.37. The third-order valence-electron chi connectivity index (χ3n) is 5.47. The Hall–Kier alpha value is -2.71. The van der Waals surface area contributed by atoms with Crippen molar-refractivity contribution in [1.82, 2.24) is 20.2 Å². The van der Waals surface area contributed by atoms with Gasteiger partial charge in [0.2, 0.25) is 5.95 Å². The zero-order valence-corrected chi connectivity index (χ0v) is 16.8. The number of hydrogen-bond donors (Lipinski definition) is 2. The Bertz CT molecular complexity index is 822. The van der Waals surface area contributed by atoms with Crippen LogP contribution in [0, 0.1) is 0 Å². The van der Waals surface area contributed by atoms with Crippen molar-refractivity contribution in [3.05, 3.63) is 47.7 Å². The molecule has 2 N–H and O–H groups in total. The number of benzene rings is 1. The fourth-order valence-corrected chi connectivity index (χ4v) is 3.92. The lowest BCUT2D eigenvalue weighted by molar-refractivity contribution is 0.169. The fraction of sp³-hybridized carbons (Fsp3) is 0.476. The van der Waals surface area contributed by atoms with Crippen LogP contribution in [0.15, 0.2) is 36.5 Å². The number of hydrogen-bond acceptors (Lipinski definition) is 7. The summed E-state index contributed by atoms with van der Waals surface area (Å²) >= 11 is 0. The quantitative estimate of drug-likeness (QED) is 0.744. The van der Waals surface area contributed by atoms with Crippen molar-refractivity contribution in [2.45, 2.75) is 25.9 Å². The number of cyclic esters (lactones) is 1. The van der Waals surface area contributed by atoms with Crippen LogP contribution in [0.3, 0.4) is 0 Å². The molecule has 0 saturated carbocycles. The number of piperazine rings is 1. The van der Waals surface area contributed by atoms with Crippen LogP contribution in [0.1, 0.15) is 30.5 Å². The zero-order chi connectivity index (χ0) is 20.1. The number of aromatic nitrogens is 2. The molecule has 1 unspecified atom stereocenters. The predicted molar refractivity (Wildman–Crippen MR) is 112 cm³/mol. The summed E-state index contributed by atoms with van der Waals surface area (Å²) in [7, 11) is 0. The van der Waals surface area contributed by atoms with E-state index in [1.54, 1.807) is 12.3 Å². The summed E-state index contributed by atoms with van der Waals surface area (Å²) < 4.78 is 4.97. The van der Waals surface area contributed by atoms with Gasteiger partial charge in [-0.2, -0.15) is 4.98 Å². The first-order valence-corrected chi connectivity index (χ1v) is 10.3. The summed E-state index contributed by atoms with van der Waals surface area (Å²) in [6, 6.07) is 11.0. The largest absolute Gasteiger partial charge is 0.447 e. The first-order valence-electron chi connectivity index (χ1n) is 10.3. The molecule has 2 saturated heterocycles. The van der Waals surface area contributed by atoms with E-state index < -0.39 is 0 Å². The van der Waals surface area contributed by atoms with Crippen LogP contribution in [0.4, 0.5) is 16.6 Å². The number of carbonyl (C=O) groups excluding carboxylic acids is 1. The summed E-state index contributed by atoms with van der Waals surface area (Å²) in [6.45, 7) is 8.11. The Morgan fingerprint density at radius 3 is 2.66 bits per heavy atom. The number of anilines is 2. The second-order valence-electron chi connectivity index (χ2n) is 7.31. The van der Waals surface area contributed by atoms with Gasteiger partial charge in [0.15, 0.2) is 0 Å². The van der Waals surface area contributed by atoms with Crippen LogP contribution < -0.4 is 15.5 Å². The summed E-state index contributed by atoms with van der Waals surface area (Å²) in [6.07, 6.45) is 2.40. The molecule has 3 heterocycles. The summed E-state index contributed by atoms with van der Waals surface area (Å²) in [5, 5.41) is 6.67. The third-order valence-corrected chi connectivity index (χ3v) is 5.47. The lowest BCUT2D eigenvalue weighted by atomic mass is 10.0. The molecule has 2 fully saturated rings. The van der Waals surface area contributed by atoms with E-state index in [0.29, 0.717) is 37.5 Å². The second-order valence-corrected chi connectivity index (χ2v) is 7.31. The van der Waals surface area contributed by atoms with Gasteiger partial charge in [0, 0.05) is 45.0 Å². The van der Waals surface area contributed by atoms with Crippen molar-refractivity contribution in [3.8, 4) is 0 Å². The topological polar surface area (TPSA) is 82.6 Å². The van der Waals surface area contributed by atoms with Crippen molar-refractivity contribution in [2.75, 3.05) is 49.5 Å². The molecular weight excluding hydrogens is 368 g/mol. The highest BCUT2D eigenvalue weighted by Crippen LogP contribution is 2.25. The molecule has 1 aromatic carbocycles. The van der Waals surface area contributed by atoms with Gasteiger partial charge >= 0.3 is 6.09 Å². The molecule has 0 bridgehead atoms. The first kappa shape index (κ1) is 19.6. The maximum absolute atomic E-state index is 11.7. The summed E-state index contributed by atoms with van der Waals surface area (Å²) in [5.41, 5.74) is 2.53. The number of nitrogens with zero attached hydrogens (tertiary/aromatic N) is 4. The minimum absolute atomic E-state index is 0.361. The molecule has 4 rings (SSSR count). The van der Waals surface area contributed by atoms with E-state index in [4.69, 9.17) is 4.74 Å². The molecular formula is C21H28N6O2. The van der Waals surface area contributed by atoms with E-state index in [0.717, 1.165) is 32.6 Å². The molecule has 29 heavy (non-hydrogen) atoms. The van der Waals surface area contributed by atoms with Crippen molar-refractivity contribution < 1.29 is 9.53 Å². The van der Waals surface area contributed by atoms with Gasteiger partial charge in [-0.15, -0.1) is 0 Å². The van der Waals surface area contributed by atoms with Crippen molar-refractivity contribution in [2.24, 2.45) is 0 Å². The molecule has 0 aliphatic carbocycles. The molecule has 8 nitrogen and oxygen atoms in total. The Morgan fingerprint density at radius 1 is 1.17 bits per heavy atom. The molecule has 1 atom stereocenters. The molecule has 8 heteroatoms. The monoisotopic (exact) mass is 396 g/mol. The van der Waals surface area contributed by atoms with Crippen LogP contribution in [0.5, 0.6) is 0 Å². The maximum atomic E-state index is 11.7. The van der Waals surface area contributed by atoms with Crippen LogP contribution in [0.2, 0.25) is 0 Å². The molecule has 1 aromatic heterocycles. The van der Waals surface area contributed by atoms with Crippen LogP contribution >= 0.6 is 0 Å². The lowest BCUT2D eigenvalue weighted by Gasteiger charge is -2.34. The molecule has 2 aliphatic heterocycles. The number of ether oxygens (including phenoxy) is 1. The van der Waals surface area contributed by atoms with Gasteiger partial charge in [-0.05, 0) is 23.6 Å². The van der Waals surface area contributed by atoms with E-state index in [-0.39, 0.29) is 6.09 Å². The highest BCUT2D eigenvalue weighted by Gasteiger charge is 2.25. The molecule has 0 radical (unpaired) electrons. The smallest absolute Gasteiger partial charge is 0.415 e. The van der Waals surface area contributed by atoms with Crippen LogP contribution in [-0.2, 0) is 11.3 Å². The normalized spacial score (nSPS) is 18.5. The van der Waals surface area contributed by atoms with Gasteiger partial charge in [-0.25, -0.2) is 9.78 Å². The highest BCUT2D eigenvalue weighted by atomic mass is 16.6. The predicted octanol–water partition coefficient (Wildman–Crippen LogP) is 2.40. The van der Waals surface area contributed by atoms with Gasteiger partial charge in [-0.3, -0.25) is 9.80 Å². The summed E-state index contributed by atoms with van der Waals surface area (Å²) in [4.78, 5) is 24.5. The minimum Gasteiger partial charge on any atom is -0.447 e. The average molecular weight is 396 g/mol. The number of carbonyl (C=O) groups is 1. The Kier molecular flexibility index (Phi) is 6.21. The number of nitrogens with one attached hydrogen (secondary N) is 2. The van der Waals surface area contributed by atoms with Crippen molar-refractivity contribution in [1.29, 1.82) is 0 Å². The second kappa shape index (κ2) is 9.19. The number of amides is 1. The zero-order valence-electron chi connectivity index (χ0n) is 16.8. The van der Waals surface area contributed by atoms with Gasteiger partial charge in [-0.1, -0.05) is 31.2 Å². The molecule has 0 spiro atoms. The first-order chi connectivity index (χ1) is 14.2. The molecule has 2 aliphatic rings. The van der Waals surface area contributed by atoms with E-state index in [1.165, 1.54) is 16.0 Å². The maximum Gasteiger partial charge on any atom is 0.415 e. The standard InChI is InChI=1S/C21H28N6O2/c1-2-18(26-11-9-22-10-12-26)17-5-3-16(4-6-17)15-24-20-23-8-7-19(25-20)27-13-14-29-21(27)28/h3-8,18,22H,2,9-15H2,1H3,(H,23,24,25). The SMILES string of the molecule is CCC(c1ccc(CNc2nccc(N3CCOC3=O)n2)cc1)N1CCNCC1. The molecule has 1 amide bonds. The van der Waals surface area contributed by atoms with Gasteiger partial charge < -0.3 is 15.4 Å². The van der Waals surface area contributed by atoms with Gasteiger partial charge in [0.1, 0.15) is 12.4 Å². The Labute approximate surface area is 171 Å². The molecule has 2 aromatic rings. The van der Waals surface area contributed by atoms with E-state index in [1.807, 2.05) is 0 Å². The van der Waals surface area contributed by atoms with Gasteiger partial charge in [0.25, 0.3) is 0 Å². The van der Waals surface area contributed by atoms with E-state index in [2.05, 4.69) is 56.7 Å². The van der Waals surface area contributed by atoms with E-state index in [9.17, 15) is 4.79 Å². The molecule has 154 valence electrons. The Morgan fingerprint density at radius 2 is 1.97 bits per heavy atom. The van der Waals surface area contributed by atoms with Crippen LogP contribution in [-0.4, -0.2) is 60.3 Å². The van der Waals surface area contributed by atoms with E-state index >= 15 is 0 Å². The van der Waals surface area contributed by atoms with Crippen molar-refractivity contribution in [3.63, 3.8) is 0 Å². The highest BCUT2D eigenvalue weighted by molar-refractivity contribution is 5.88. The van der Waals surface area contributed by atoms with Crippen LogP contribution in [0.25, 0.3) is 0 Å². The number of rotatable bonds is 7. The third kappa shape index (κ3) is 4.65. The fourth-order valence-electron chi connectivity index (χ4n) is 3.92. The van der Waals surface area contributed by atoms with Crippen molar-refractivity contribution >= 4 is 17.9 Å². The lowest BCUT2D eigenvalue weighted by Crippen LogP contribution is -2.45.